The first kappa shape index (κ1) is 13.3. The Labute approximate surface area is 116 Å². The van der Waals surface area contributed by atoms with E-state index in [1.807, 2.05) is 18.5 Å². The first-order valence-electron chi connectivity index (χ1n) is 5.62. The molecule has 0 aliphatic heterocycles. The Morgan fingerprint density at radius 3 is 3.00 bits per heavy atom. The Bertz CT molecular complexity index is 515. The van der Waals surface area contributed by atoms with Gasteiger partial charge in [-0.2, -0.15) is 0 Å². The molecule has 0 bridgehead atoms. The van der Waals surface area contributed by atoms with Crippen molar-refractivity contribution < 1.29 is 4.74 Å². The molecule has 0 aliphatic carbocycles. The topological polar surface area (TPSA) is 34.2 Å². The maximum absolute atomic E-state index is 6.13. The van der Waals surface area contributed by atoms with Gasteiger partial charge in [0.15, 0.2) is 0 Å². The van der Waals surface area contributed by atoms with Crippen molar-refractivity contribution >= 4 is 22.9 Å². The van der Waals surface area contributed by atoms with Crippen LogP contribution in [0.25, 0.3) is 0 Å². The highest BCUT2D eigenvalue weighted by Gasteiger charge is 2.14. The van der Waals surface area contributed by atoms with E-state index in [1.165, 1.54) is 4.88 Å². The van der Waals surface area contributed by atoms with E-state index in [0.717, 1.165) is 17.7 Å². The highest BCUT2D eigenvalue weighted by atomic mass is 35.5. The second kappa shape index (κ2) is 6.18. The van der Waals surface area contributed by atoms with Gasteiger partial charge in [0, 0.05) is 28.7 Å². The van der Waals surface area contributed by atoms with Crippen molar-refractivity contribution in [1.29, 1.82) is 0 Å². The lowest BCUT2D eigenvalue weighted by atomic mass is 10.1. The summed E-state index contributed by atoms with van der Waals surface area (Å²) in [5, 5.41) is 6.02. The average Bonchev–Trinajstić information content (AvgIpc) is 2.86. The number of nitrogens with one attached hydrogen (secondary N) is 1. The van der Waals surface area contributed by atoms with Crippen LogP contribution < -0.4 is 10.1 Å². The molecular formula is C13H15ClN2OS. The fourth-order valence-corrected chi connectivity index (χ4v) is 2.92. The Hall–Kier alpha value is -1.10. The number of thiophene rings is 1. The van der Waals surface area contributed by atoms with Crippen LogP contribution in [-0.2, 0) is 6.42 Å². The lowest BCUT2D eigenvalue weighted by Crippen LogP contribution is -2.17. The molecule has 2 heterocycles. The highest BCUT2D eigenvalue weighted by molar-refractivity contribution is 7.10. The summed E-state index contributed by atoms with van der Waals surface area (Å²) in [6.07, 6.45) is 4.28. The molecule has 0 radical (unpaired) electrons. The molecule has 96 valence electrons. The molecule has 1 N–H and O–H groups in total. The van der Waals surface area contributed by atoms with Crippen LogP contribution in [0, 0.1) is 0 Å². The minimum Gasteiger partial charge on any atom is -0.496 e. The second-order valence-electron chi connectivity index (χ2n) is 3.90. The summed E-state index contributed by atoms with van der Waals surface area (Å²) in [5.41, 5.74) is 1.10. The summed E-state index contributed by atoms with van der Waals surface area (Å²) in [4.78, 5) is 5.24. The number of hydrogen-bond donors (Lipinski definition) is 1. The summed E-state index contributed by atoms with van der Waals surface area (Å²) in [5.74, 6) is 0.899. The largest absolute Gasteiger partial charge is 0.496 e. The minimum absolute atomic E-state index is 0.235. The number of nitrogens with zero attached hydrogens (tertiary/aromatic N) is 1. The molecule has 5 heteroatoms. The molecular weight excluding hydrogens is 268 g/mol. The van der Waals surface area contributed by atoms with Gasteiger partial charge in [0.25, 0.3) is 0 Å². The van der Waals surface area contributed by atoms with Crippen LogP contribution in [0.1, 0.15) is 16.5 Å². The molecule has 2 aromatic rings. The lowest BCUT2D eigenvalue weighted by molar-refractivity contribution is 0.416. The summed E-state index contributed by atoms with van der Waals surface area (Å²) >= 11 is 7.82. The van der Waals surface area contributed by atoms with E-state index in [2.05, 4.69) is 16.4 Å². The molecule has 2 rings (SSSR count). The third kappa shape index (κ3) is 3.02. The molecule has 0 saturated carbocycles. The maximum atomic E-state index is 6.13. The predicted molar refractivity (Wildman–Crippen MR) is 75.6 cm³/mol. The maximum Gasteiger partial charge on any atom is 0.129 e. The van der Waals surface area contributed by atoms with Crippen LogP contribution in [0.3, 0.4) is 0 Å². The van der Waals surface area contributed by atoms with Crippen molar-refractivity contribution in [2.24, 2.45) is 0 Å². The number of hydrogen-bond acceptors (Lipinski definition) is 4. The van der Waals surface area contributed by atoms with Crippen LogP contribution in [0.15, 0.2) is 29.9 Å². The van der Waals surface area contributed by atoms with E-state index in [0.29, 0.717) is 5.02 Å². The number of pyridine rings is 1. The standard InChI is InChI=1S/C13H15ClN2OS/c1-15-12(13-6-10(17-2)8-18-13)5-9-3-4-16-7-11(9)14/h3-4,6-8,12,15H,5H2,1-2H3. The molecule has 1 atom stereocenters. The van der Waals surface area contributed by atoms with Crippen molar-refractivity contribution in [1.82, 2.24) is 10.3 Å². The zero-order chi connectivity index (χ0) is 13.0. The van der Waals surface area contributed by atoms with E-state index in [9.17, 15) is 0 Å². The summed E-state index contributed by atoms with van der Waals surface area (Å²) < 4.78 is 5.21. The van der Waals surface area contributed by atoms with Gasteiger partial charge in [0.2, 0.25) is 0 Å². The molecule has 0 amide bonds. The van der Waals surface area contributed by atoms with Gasteiger partial charge in [-0.1, -0.05) is 11.6 Å². The first-order chi connectivity index (χ1) is 8.74. The number of methoxy groups -OCH3 is 1. The fraction of sp³-hybridized carbons (Fsp3) is 0.308. The lowest BCUT2D eigenvalue weighted by Gasteiger charge is -2.15. The summed E-state index contributed by atoms with van der Waals surface area (Å²) in [6.45, 7) is 0. The average molecular weight is 283 g/mol. The van der Waals surface area contributed by atoms with E-state index < -0.39 is 0 Å². The van der Waals surface area contributed by atoms with Crippen LogP contribution in [-0.4, -0.2) is 19.1 Å². The molecule has 18 heavy (non-hydrogen) atoms. The highest BCUT2D eigenvalue weighted by Crippen LogP contribution is 2.30. The van der Waals surface area contributed by atoms with Crippen molar-refractivity contribution in [3.8, 4) is 5.75 Å². The van der Waals surface area contributed by atoms with Crippen LogP contribution in [0.4, 0.5) is 0 Å². The Morgan fingerprint density at radius 2 is 2.39 bits per heavy atom. The third-order valence-corrected chi connectivity index (χ3v) is 4.17. The monoisotopic (exact) mass is 282 g/mol. The van der Waals surface area contributed by atoms with Crippen LogP contribution in [0.5, 0.6) is 5.75 Å². The predicted octanol–water partition coefficient (Wildman–Crippen LogP) is 3.31. The molecule has 0 saturated heterocycles. The normalized spacial score (nSPS) is 12.4. The molecule has 0 spiro atoms. The van der Waals surface area contributed by atoms with E-state index in [-0.39, 0.29) is 6.04 Å². The fourth-order valence-electron chi connectivity index (χ4n) is 1.76. The number of halogens is 1. The van der Waals surface area contributed by atoms with Gasteiger partial charge in [-0.15, -0.1) is 11.3 Å². The van der Waals surface area contributed by atoms with Gasteiger partial charge in [-0.3, -0.25) is 4.98 Å². The number of likely N-dealkylation sites (N-methyl/N-ethyl adjacent to an activating group) is 1. The Balaban J connectivity index is 2.17. The van der Waals surface area contributed by atoms with Crippen LogP contribution >= 0.6 is 22.9 Å². The molecule has 3 nitrogen and oxygen atoms in total. The Morgan fingerprint density at radius 1 is 1.56 bits per heavy atom. The molecule has 2 aromatic heterocycles. The van der Waals surface area contributed by atoms with Gasteiger partial charge in [0.05, 0.1) is 12.1 Å². The minimum atomic E-state index is 0.235. The number of rotatable bonds is 5. The van der Waals surface area contributed by atoms with Gasteiger partial charge >= 0.3 is 0 Å². The van der Waals surface area contributed by atoms with E-state index in [4.69, 9.17) is 16.3 Å². The molecule has 1 unspecified atom stereocenters. The number of aromatic nitrogens is 1. The first-order valence-corrected chi connectivity index (χ1v) is 6.88. The third-order valence-electron chi connectivity index (χ3n) is 2.80. The Kier molecular flexibility index (Phi) is 4.58. The quantitative estimate of drug-likeness (QED) is 0.914. The van der Waals surface area contributed by atoms with Gasteiger partial charge in [-0.25, -0.2) is 0 Å². The van der Waals surface area contributed by atoms with E-state index >= 15 is 0 Å². The number of ether oxygens (including phenoxy) is 1. The van der Waals surface area contributed by atoms with Gasteiger partial charge in [0.1, 0.15) is 5.75 Å². The van der Waals surface area contributed by atoms with Crippen molar-refractivity contribution in [3.63, 3.8) is 0 Å². The van der Waals surface area contributed by atoms with Crippen molar-refractivity contribution in [2.45, 2.75) is 12.5 Å². The zero-order valence-electron chi connectivity index (χ0n) is 10.3. The van der Waals surface area contributed by atoms with Crippen molar-refractivity contribution in [3.05, 3.63) is 45.4 Å². The summed E-state index contributed by atoms with van der Waals surface area (Å²) in [7, 11) is 3.63. The zero-order valence-corrected chi connectivity index (χ0v) is 11.9. The SMILES string of the molecule is CNC(Cc1ccncc1Cl)c1cc(OC)cs1. The molecule has 0 fully saturated rings. The van der Waals surface area contributed by atoms with Crippen molar-refractivity contribution in [2.75, 3.05) is 14.2 Å². The summed E-state index contributed by atoms with van der Waals surface area (Å²) in [6, 6.07) is 4.25. The van der Waals surface area contributed by atoms with Gasteiger partial charge in [-0.05, 0) is 31.2 Å². The van der Waals surface area contributed by atoms with Crippen LogP contribution in [0.2, 0.25) is 5.02 Å². The smallest absolute Gasteiger partial charge is 0.129 e. The second-order valence-corrected chi connectivity index (χ2v) is 5.25. The van der Waals surface area contributed by atoms with E-state index in [1.54, 1.807) is 30.8 Å². The van der Waals surface area contributed by atoms with Gasteiger partial charge < -0.3 is 10.1 Å². The molecule has 0 aromatic carbocycles. The molecule has 0 aliphatic rings.